The zero-order valence-electron chi connectivity index (χ0n) is 8.48. The van der Waals surface area contributed by atoms with Crippen LogP contribution in [-0.4, -0.2) is 23.2 Å². The lowest BCUT2D eigenvalue weighted by molar-refractivity contribution is 0.308. The van der Waals surface area contributed by atoms with Gasteiger partial charge in [0, 0.05) is 23.1 Å². The van der Waals surface area contributed by atoms with E-state index in [9.17, 15) is 0 Å². The van der Waals surface area contributed by atoms with Crippen molar-refractivity contribution in [2.75, 3.05) is 13.1 Å². The molecule has 1 N–H and O–H groups in total. The van der Waals surface area contributed by atoms with Crippen molar-refractivity contribution < 1.29 is 4.52 Å². The van der Waals surface area contributed by atoms with E-state index in [1.165, 1.54) is 0 Å². The Bertz CT molecular complexity index is 507. The molecule has 0 spiro atoms. The van der Waals surface area contributed by atoms with Gasteiger partial charge in [0.15, 0.2) is 0 Å². The van der Waals surface area contributed by atoms with E-state index in [1.807, 2.05) is 24.3 Å². The first-order valence-electron chi connectivity index (χ1n) is 5.13. The Morgan fingerprint density at radius 2 is 2.25 bits per heavy atom. The molecule has 0 radical (unpaired) electrons. The van der Waals surface area contributed by atoms with Crippen LogP contribution in [0.15, 0.2) is 33.3 Å². The van der Waals surface area contributed by atoms with Crippen LogP contribution in [0.25, 0.3) is 11.4 Å². The Morgan fingerprint density at radius 3 is 2.94 bits per heavy atom. The van der Waals surface area contributed by atoms with E-state index >= 15 is 0 Å². The van der Waals surface area contributed by atoms with E-state index in [0.717, 1.165) is 29.0 Å². The number of aromatic nitrogens is 2. The van der Waals surface area contributed by atoms with Crippen LogP contribution in [0.2, 0.25) is 0 Å². The molecule has 1 aliphatic rings. The predicted octanol–water partition coefficient (Wildman–Crippen LogP) is 2.19. The largest absolute Gasteiger partial charge is 0.339 e. The molecule has 3 rings (SSSR count). The highest BCUT2D eigenvalue weighted by Gasteiger charge is 2.25. The van der Waals surface area contributed by atoms with Crippen LogP contribution < -0.4 is 5.32 Å². The molecule has 1 aromatic heterocycles. The molecule has 1 saturated heterocycles. The third kappa shape index (κ3) is 1.76. The van der Waals surface area contributed by atoms with Crippen LogP contribution >= 0.6 is 15.9 Å². The molecule has 2 aromatic rings. The van der Waals surface area contributed by atoms with Crippen LogP contribution in [0, 0.1) is 0 Å². The van der Waals surface area contributed by atoms with Gasteiger partial charge < -0.3 is 9.84 Å². The van der Waals surface area contributed by atoms with E-state index in [-0.39, 0.29) is 0 Å². The summed E-state index contributed by atoms with van der Waals surface area (Å²) in [4.78, 5) is 4.40. The lowest BCUT2D eigenvalue weighted by atomic mass is 10.0. The minimum Gasteiger partial charge on any atom is -0.339 e. The van der Waals surface area contributed by atoms with E-state index in [2.05, 4.69) is 31.4 Å². The van der Waals surface area contributed by atoms with Gasteiger partial charge in [-0.2, -0.15) is 4.98 Å². The highest BCUT2D eigenvalue weighted by Crippen LogP contribution is 2.23. The van der Waals surface area contributed by atoms with E-state index in [0.29, 0.717) is 11.7 Å². The molecular weight excluding hydrogens is 270 g/mol. The quantitative estimate of drug-likeness (QED) is 0.916. The molecule has 0 bridgehead atoms. The molecule has 1 aliphatic heterocycles. The van der Waals surface area contributed by atoms with Crippen LogP contribution in [0.4, 0.5) is 0 Å². The number of hydrogen-bond acceptors (Lipinski definition) is 4. The molecule has 1 aromatic carbocycles. The third-order valence-electron chi connectivity index (χ3n) is 2.66. The van der Waals surface area contributed by atoms with Gasteiger partial charge in [0.05, 0.1) is 5.92 Å². The smallest absolute Gasteiger partial charge is 0.232 e. The highest BCUT2D eigenvalue weighted by molar-refractivity contribution is 9.10. The van der Waals surface area contributed by atoms with Crippen LogP contribution in [0.3, 0.4) is 0 Å². The molecule has 0 amide bonds. The van der Waals surface area contributed by atoms with Crippen molar-refractivity contribution in [3.05, 3.63) is 34.6 Å². The summed E-state index contributed by atoms with van der Waals surface area (Å²) in [6.45, 7) is 1.86. The van der Waals surface area contributed by atoms with Crippen molar-refractivity contribution in [2.24, 2.45) is 0 Å². The first-order chi connectivity index (χ1) is 7.83. The standard InChI is InChI=1S/C11H10BrN3O/c12-9-3-1-2-7(4-9)10-14-11(16-15-10)8-5-13-6-8/h1-4,8,13H,5-6H2. The van der Waals surface area contributed by atoms with Crippen molar-refractivity contribution in [2.45, 2.75) is 5.92 Å². The minimum atomic E-state index is 0.383. The van der Waals surface area contributed by atoms with Crippen molar-refractivity contribution >= 4 is 15.9 Å². The fraction of sp³-hybridized carbons (Fsp3) is 0.273. The lowest BCUT2D eigenvalue weighted by Gasteiger charge is -2.22. The zero-order valence-corrected chi connectivity index (χ0v) is 10.1. The average Bonchev–Trinajstić information content (AvgIpc) is 2.64. The number of hydrogen-bond donors (Lipinski definition) is 1. The SMILES string of the molecule is Brc1cccc(-c2noc(C3CNC3)n2)c1. The molecule has 0 aliphatic carbocycles. The summed E-state index contributed by atoms with van der Waals surface area (Å²) in [6.07, 6.45) is 0. The minimum absolute atomic E-state index is 0.383. The summed E-state index contributed by atoms with van der Waals surface area (Å²) >= 11 is 3.42. The molecule has 0 atom stereocenters. The number of nitrogens with one attached hydrogen (secondary N) is 1. The summed E-state index contributed by atoms with van der Waals surface area (Å²) in [5.41, 5.74) is 0.969. The van der Waals surface area contributed by atoms with Gasteiger partial charge in [0.25, 0.3) is 0 Å². The molecule has 0 saturated carbocycles. The van der Waals surface area contributed by atoms with E-state index in [1.54, 1.807) is 0 Å². The Balaban J connectivity index is 1.91. The van der Waals surface area contributed by atoms with Crippen LogP contribution in [0.1, 0.15) is 11.8 Å². The Hall–Kier alpha value is -1.20. The third-order valence-corrected chi connectivity index (χ3v) is 3.15. The second-order valence-corrected chi connectivity index (χ2v) is 4.74. The Kier molecular flexibility index (Phi) is 2.49. The van der Waals surface area contributed by atoms with Gasteiger partial charge in [-0.25, -0.2) is 0 Å². The second kappa shape index (κ2) is 3.99. The fourth-order valence-electron chi connectivity index (χ4n) is 1.61. The van der Waals surface area contributed by atoms with Crippen molar-refractivity contribution in [3.8, 4) is 11.4 Å². The Morgan fingerprint density at radius 1 is 1.38 bits per heavy atom. The predicted molar refractivity (Wildman–Crippen MR) is 63.0 cm³/mol. The first kappa shape index (κ1) is 9.99. The number of nitrogens with zero attached hydrogens (tertiary/aromatic N) is 2. The van der Waals surface area contributed by atoms with Gasteiger partial charge in [-0.05, 0) is 12.1 Å². The highest BCUT2D eigenvalue weighted by atomic mass is 79.9. The summed E-state index contributed by atoms with van der Waals surface area (Å²) in [5.74, 6) is 1.77. The fourth-order valence-corrected chi connectivity index (χ4v) is 2.01. The van der Waals surface area contributed by atoms with E-state index in [4.69, 9.17) is 4.52 Å². The van der Waals surface area contributed by atoms with Gasteiger partial charge in [0.1, 0.15) is 0 Å². The second-order valence-electron chi connectivity index (χ2n) is 3.82. The molecule has 0 unspecified atom stereocenters. The van der Waals surface area contributed by atoms with Crippen molar-refractivity contribution in [1.29, 1.82) is 0 Å². The Labute approximate surface area is 101 Å². The average molecular weight is 280 g/mol. The molecule has 4 nitrogen and oxygen atoms in total. The normalized spacial score (nSPS) is 16.1. The number of benzene rings is 1. The summed E-state index contributed by atoms with van der Waals surface area (Å²) in [5, 5.41) is 7.18. The lowest BCUT2D eigenvalue weighted by Crippen LogP contribution is -2.40. The number of rotatable bonds is 2. The summed E-state index contributed by atoms with van der Waals surface area (Å²) < 4.78 is 6.26. The van der Waals surface area contributed by atoms with Gasteiger partial charge >= 0.3 is 0 Å². The first-order valence-corrected chi connectivity index (χ1v) is 5.92. The van der Waals surface area contributed by atoms with Gasteiger partial charge in [-0.3, -0.25) is 0 Å². The molecule has 5 heteroatoms. The summed E-state index contributed by atoms with van der Waals surface area (Å²) in [6, 6.07) is 7.88. The monoisotopic (exact) mass is 279 g/mol. The van der Waals surface area contributed by atoms with E-state index < -0.39 is 0 Å². The molecule has 82 valence electrons. The number of halogens is 1. The topological polar surface area (TPSA) is 51.0 Å². The van der Waals surface area contributed by atoms with Gasteiger partial charge in [-0.15, -0.1) is 0 Å². The molecule has 2 heterocycles. The summed E-state index contributed by atoms with van der Waals surface area (Å²) in [7, 11) is 0. The maximum absolute atomic E-state index is 5.25. The maximum Gasteiger partial charge on any atom is 0.232 e. The maximum atomic E-state index is 5.25. The van der Waals surface area contributed by atoms with Crippen LogP contribution in [0.5, 0.6) is 0 Å². The molecular formula is C11H10BrN3O. The van der Waals surface area contributed by atoms with Crippen molar-refractivity contribution in [1.82, 2.24) is 15.5 Å². The van der Waals surface area contributed by atoms with Gasteiger partial charge in [-0.1, -0.05) is 33.2 Å². The molecule has 16 heavy (non-hydrogen) atoms. The molecule has 1 fully saturated rings. The van der Waals surface area contributed by atoms with Crippen molar-refractivity contribution in [3.63, 3.8) is 0 Å². The zero-order chi connectivity index (χ0) is 11.0. The van der Waals surface area contributed by atoms with Gasteiger partial charge in [0.2, 0.25) is 11.7 Å². The van der Waals surface area contributed by atoms with Crippen LogP contribution in [-0.2, 0) is 0 Å².